The van der Waals surface area contributed by atoms with Crippen molar-refractivity contribution in [3.8, 4) is 0 Å². The van der Waals surface area contributed by atoms with Crippen LogP contribution in [0.5, 0.6) is 0 Å². The first-order valence-electron chi connectivity index (χ1n) is 4.35. The van der Waals surface area contributed by atoms with Crippen LogP contribution in [-0.2, 0) is 12.8 Å². The molecule has 1 N–H and O–H groups in total. The lowest BCUT2D eigenvalue weighted by Crippen LogP contribution is -2.16. The van der Waals surface area contributed by atoms with Gasteiger partial charge in [0.25, 0.3) is 0 Å². The Morgan fingerprint density at radius 3 is 2.92 bits per heavy atom. The second-order valence-electron chi connectivity index (χ2n) is 3.13. The molecule has 1 aliphatic rings. The summed E-state index contributed by atoms with van der Waals surface area (Å²) in [4.78, 5) is 0. The van der Waals surface area contributed by atoms with E-state index in [1.165, 1.54) is 5.56 Å². The third kappa shape index (κ3) is 1.34. The van der Waals surface area contributed by atoms with E-state index in [1.807, 2.05) is 6.07 Å². The highest BCUT2D eigenvalue weighted by Gasteiger charge is 2.10. The zero-order chi connectivity index (χ0) is 8.39. The summed E-state index contributed by atoms with van der Waals surface area (Å²) in [7, 11) is 0. The van der Waals surface area contributed by atoms with Crippen molar-refractivity contribution in [3.63, 3.8) is 0 Å². The van der Waals surface area contributed by atoms with E-state index in [2.05, 4.69) is 5.32 Å². The summed E-state index contributed by atoms with van der Waals surface area (Å²) in [5.74, 6) is -0.0452. The summed E-state index contributed by atoms with van der Waals surface area (Å²) < 4.78 is 13.2. The molecule has 0 fully saturated rings. The average molecular weight is 165 g/mol. The molecular weight excluding hydrogens is 153 g/mol. The first kappa shape index (κ1) is 7.74. The van der Waals surface area contributed by atoms with Gasteiger partial charge in [-0.05, 0) is 43.1 Å². The van der Waals surface area contributed by atoms with E-state index >= 15 is 0 Å². The lowest BCUT2D eigenvalue weighted by Gasteiger charge is -2.04. The van der Waals surface area contributed by atoms with Crippen molar-refractivity contribution < 1.29 is 4.39 Å². The molecule has 0 saturated carbocycles. The molecule has 0 spiro atoms. The standard InChI is InChI=1S/C10H12FN/c11-10-3-1-2-8-4-6-12-7-5-9(8)10/h1-3,12H,4-7H2. The number of fused-ring (bicyclic) bond motifs is 1. The first-order valence-corrected chi connectivity index (χ1v) is 4.35. The van der Waals surface area contributed by atoms with Crippen LogP contribution in [0.25, 0.3) is 0 Å². The van der Waals surface area contributed by atoms with Crippen LogP contribution in [0.4, 0.5) is 4.39 Å². The van der Waals surface area contributed by atoms with Crippen molar-refractivity contribution in [2.45, 2.75) is 12.8 Å². The highest BCUT2D eigenvalue weighted by Crippen LogP contribution is 2.15. The van der Waals surface area contributed by atoms with Crippen LogP contribution in [0.15, 0.2) is 18.2 Å². The lowest BCUT2D eigenvalue weighted by atomic mass is 10.0. The maximum absolute atomic E-state index is 13.2. The third-order valence-electron chi connectivity index (χ3n) is 2.34. The van der Waals surface area contributed by atoms with Gasteiger partial charge < -0.3 is 5.32 Å². The average Bonchev–Trinajstić information content (AvgIpc) is 2.30. The number of rotatable bonds is 0. The van der Waals surface area contributed by atoms with E-state index in [4.69, 9.17) is 0 Å². The molecule has 1 aliphatic heterocycles. The van der Waals surface area contributed by atoms with Crippen LogP contribution in [0.3, 0.4) is 0 Å². The molecule has 0 amide bonds. The summed E-state index contributed by atoms with van der Waals surface area (Å²) in [5, 5.41) is 3.25. The fraction of sp³-hybridized carbons (Fsp3) is 0.400. The molecule has 64 valence electrons. The van der Waals surface area contributed by atoms with Gasteiger partial charge in [0, 0.05) is 0 Å². The molecule has 1 aromatic rings. The quantitative estimate of drug-likeness (QED) is 0.614. The van der Waals surface area contributed by atoms with Crippen LogP contribution < -0.4 is 5.32 Å². The van der Waals surface area contributed by atoms with Gasteiger partial charge in [-0.25, -0.2) is 4.39 Å². The Kier molecular flexibility index (Phi) is 2.09. The normalized spacial score (nSPS) is 16.8. The molecule has 0 radical (unpaired) electrons. The predicted octanol–water partition coefficient (Wildman–Crippen LogP) is 1.51. The molecule has 1 aromatic carbocycles. The lowest BCUT2D eigenvalue weighted by molar-refractivity contribution is 0.605. The van der Waals surface area contributed by atoms with Crippen molar-refractivity contribution in [3.05, 3.63) is 35.1 Å². The van der Waals surface area contributed by atoms with E-state index in [1.54, 1.807) is 12.1 Å². The van der Waals surface area contributed by atoms with Gasteiger partial charge in [-0.15, -0.1) is 0 Å². The van der Waals surface area contributed by atoms with Gasteiger partial charge in [0.1, 0.15) is 5.82 Å². The summed E-state index contributed by atoms with van der Waals surface area (Å²) in [5.41, 5.74) is 2.07. The van der Waals surface area contributed by atoms with Gasteiger partial charge in [0.15, 0.2) is 0 Å². The van der Waals surface area contributed by atoms with Gasteiger partial charge in [-0.1, -0.05) is 12.1 Å². The van der Waals surface area contributed by atoms with Crippen LogP contribution in [0, 0.1) is 5.82 Å². The summed E-state index contributed by atoms with van der Waals surface area (Å²) in [6, 6.07) is 5.36. The summed E-state index contributed by atoms with van der Waals surface area (Å²) >= 11 is 0. The van der Waals surface area contributed by atoms with Gasteiger partial charge in [-0.2, -0.15) is 0 Å². The molecule has 2 rings (SSSR count). The molecule has 12 heavy (non-hydrogen) atoms. The Morgan fingerprint density at radius 1 is 1.17 bits per heavy atom. The Labute approximate surface area is 71.6 Å². The number of hydrogen-bond acceptors (Lipinski definition) is 1. The molecule has 1 nitrogen and oxygen atoms in total. The van der Waals surface area contributed by atoms with Crippen molar-refractivity contribution in [1.82, 2.24) is 5.32 Å². The largest absolute Gasteiger partial charge is 0.316 e. The minimum atomic E-state index is -0.0452. The zero-order valence-corrected chi connectivity index (χ0v) is 6.94. The van der Waals surface area contributed by atoms with Crippen molar-refractivity contribution in [2.24, 2.45) is 0 Å². The van der Waals surface area contributed by atoms with Crippen LogP contribution in [-0.4, -0.2) is 13.1 Å². The monoisotopic (exact) mass is 165 g/mol. The molecule has 2 heteroatoms. The highest BCUT2D eigenvalue weighted by atomic mass is 19.1. The molecule has 0 aliphatic carbocycles. The van der Waals surface area contributed by atoms with Crippen LogP contribution in [0.1, 0.15) is 11.1 Å². The highest BCUT2D eigenvalue weighted by molar-refractivity contribution is 5.30. The van der Waals surface area contributed by atoms with Crippen molar-refractivity contribution >= 4 is 0 Å². The minimum absolute atomic E-state index is 0.0452. The molecule has 0 atom stereocenters. The van der Waals surface area contributed by atoms with Gasteiger partial charge in [0.05, 0.1) is 0 Å². The third-order valence-corrected chi connectivity index (χ3v) is 2.34. The predicted molar refractivity (Wildman–Crippen MR) is 46.7 cm³/mol. The Hall–Kier alpha value is -0.890. The second-order valence-corrected chi connectivity index (χ2v) is 3.13. The first-order chi connectivity index (χ1) is 5.88. The molecule has 0 aromatic heterocycles. The Bertz CT molecular complexity index is 283. The van der Waals surface area contributed by atoms with Gasteiger partial charge in [-0.3, -0.25) is 0 Å². The van der Waals surface area contributed by atoms with Crippen molar-refractivity contribution in [1.29, 1.82) is 0 Å². The molecule has 0 unspecified atom stereocenters. The number of halogens is 1. The van der Waals surface area contributed by atoms with E-state index in [0.717, 1.165) is 31.5 Å². The molecular formula is C10H12FN. The number of hydrogen-bond donors (Lipinski definition) is 1. The van der Waals surface area contributed by atoms with E-state index in [9.17, 15) is 4.39 Å². The molecule has 0 saturated heterocycles. The van der Waals surface area contributed by atoms with E-state index < -0.39 is 0 Å². The Balaban J connectivity index is 2.42. The Morgan fingerprint density at radius 2 is 2.00 bits per heavy atom. The van der Waals surface area contributed by atoms with Crippen LogP contribution >= 0.6 is 0 Å². The number of benzene rings is 1. The maximum atomic E-state index is 13.2. The van der Waals surface area contributed by atoms with Gasteiger partial charge >= 0.3 is 0 Å². The summed E-state index contributed by atoms with van der Waals surface area (Å²) in [6.45, 7) is 1.87. The van der Waals surface area contributed by atoms with E-state index in [0.29, 0.717) is 0 Å². The number of nitrogens with one attached hydrogen (secondary N) is 1. The van der Waals surface area contributed by atoms with Crippen molar-refractivity contribution in [2.75, 3.05) is 13.1 Å². The molecule has 0 bridgehead atoms. The smallest absolute Gasteiger partial charge is 0.126 e. The SMILES string of the molecule is Fc1cccc2c1CCNCC2. The summed E-state index contributed by atoms with van der Waals surface area (Å²) in [6.07, 6.45) is 1.77. The molecule has 1 heterocycles. The van der Waals surface area contributed by atoms with E-state index in [-0.39, 0.29) is 5.82 Å². The maximum Gasteiger partial charge on any atom is 0.126 e. The topological polar surface area (TPSA) is 12.0 Å². The second kappa shape index (κ2) is 3.23. The minimum Gasteiger partial charge on any atom is -0.316 e. The fourth-order valence-corrected chi connectivity index (χ4v) is 1.68. The van der Waals surface area contributed by atoms with Crippen LogP contribution in [0.2, 0.25) is 0 Å². The fourth-order valence-electron chi connectivity index (χ4n) is 1.68. The van der Waals surface area contributed by atoms with Gasteiger partial charge in [0.2, 0.25) is 0 Å². The zero-order valence-electron chi connectivity index (χ0n) is 6.94.